The fourth-order valence-corrected chi connectivity index (χ4v) is 3.63. The highest BCUT2D eigenvalue weighted by molar-refractivity contribution is 7.19. The van der Waals surface area contributed by atoms with E-state index in [2.05, 4.69) is 22.4 Å². The molecule has 3 N–H and O–H groups in total. The molecule has 0 radical (unpaired) electrons. The van der Waals surface area contributed by atoms with Crippen molar-refractivity contribution in [3.63, 3.8) is 0 Å². The van der Waals surface area contributed by atoms with Crippen molar-refractivity contribution in [2.45, 2.75) is 32.9 Å². The molecule has 0 aliphatic carbocycles. The number of hydrogen-bond donors (Lipinski definition) is 2. The predicted octanol–water partition coefficient (Wildman–Crippen LogP) is 3.09. The molecule has 1 atom stereocenters. The summed E-state index contributed by atoms with van der Waals surface area (Å²) < 4.78 is 6.47. The lowest BCUT2D eigenvalue weighted by Gasteiger charge is -2.04. The molecule has 0 fully saturated rings. The Labute approximate surface area is 127 Å². The smallest absolute Gasteiger partial charge is 0.122 e. The van der Waals surface area contributed by atoms with Crippen molar-refractivity contribution in [1.82, 2.24) is 10.2 Å². The van der Waals surface area contributed by atoms with E-state index in [1.165, 1.54) is 10.4 Å². The highest BCUT2D eigenvalue weighted by Crippen LogP contribution is 2.34. The number of anilines is 1. The maximum absolute atomic E-state index is 5.92. The lowest BCUT2D eigenvalue weighted by Crippen LogP contribution is -2.17. The number of aryl methyl sites for hydroxylation is 1. The van der Waals surface area contributed by atoms with Gasteiger partial charge in [0.05, 0.1) is 29.4 Å². The summed E-state index contributed by atoms with van der Waals surface area (Å²) in [5.74, 6) is 0.893. The Balaban J connectivity index is 1.91. The monoisotopic (exact) mass is 302 g/mol. The van der Waals surface area contributed by atoms with E-state index < -0.39 is 0 Å². The first-order valence-corrected chi connectivity index (χ1v) is 7.72. The van der Waals surface area contributed by atoms with Gasteiger partial charge in [-0.25, -0.2) is 0 Å². The first-order valence-electron chi connectivity index (χ1n) is 6.90. The number of nitrogens with one attached hydrogen (secondary N) is 1. The van der Waals surface area contributed by atoms with E-state index >= 15 is 0 Å². The van der Waals surface area contributed by atoms with Gasteiger partial charge in [0.15, 0.2) is 0 Å². The van der Waals surface area contributed by atoms with Crippen LogP contribution in [0.1, 0.15) is 23.1 Å². The van der Waals surface area contributed by atoms with Crippen LogP contribution in [0.25, 0.3) is 10.2 Å². The Bertz CT molecular complexity index is 734. The molecule has 0 bridgehead atoms. The topological polar surface area (TPSA) is 77.0 Å². The van der Waals surface area contributed by atoms with Crippen molar-refractivity contribution in [2.75, 3.05) is 5.32 Å². The van der Waals surface area contributed by atoms with E-state index in [1.54, 1.807) is 23.8 Å². The third kappa shape index (κ3) is 2.91. The van der Waals surface area contributed by atoms with E-state index in [-0.39, 0.29) is 6.04 Å². The number of furan rings is 1. The van der Waals surface area contributed by atoms with Crippen molar-refractivity contribution < 1.29 is 4.42 Å². The van der Waals surface area contributed by atoms with Crippen molar-refractivity contribution >= 4 is 27.2 Å². The van der Waals surface area contributed by atoms with Gasteiger partial charge in [0.2, 0.25) is 0 Å². The number of aromatic nitrogens is 2. The second-order valence-corrected chi connectivity index (χ2v) is 6.31. The first-order chi connectivity index (χ1) is 10.1. The molecule has 110 valence electrons. The van der Waals surface area contributed by atoms with Gasteiger partial charge in [0, 0.05) is 10.9 Å². The van der Waals surface area contributed by atoms with Gasteiger partial charge in [-0.15, -0.1) is 16.4 Å². The number of thiophene rings is 1. The van der Waals surface area contributed by atoms with Crippen molar-refractivity contribution in [2.24, 2.45) is 5.73 Å². The third-order valence-electron chi connectivity index (χ3n) is 3.34. The predicted molar refractivity (Wildman–Crippen MR) is 85.5 cm³/mol. The summed E-state index contributed by atoms with van der Waals surface area (Å²) in [5, 5.41) is 11.7. The molecule has 3 aromatic heterocycles. The SMILES string of the molecule is Cc1c(CC(C)N)sc2c(NCc3ccco3)cnnc12. The molecule has 3 heterocycles. The minimum Gasteiger partial charge on any atom is -0.467 e. The largest absolute Gasteiger partial charge is 0.467 e. The highest BCUT2D eigenvalue weighted by atomic mass is 32.1. The molecule has 3 rings (SSSR count). The number of hydrogen-bond acceptors (Lipinski definition) is 6. The van der Waals surface area contributed by atoms with Crippen LogP contribution < -0.4 is 11.1 Å². The van der Waals surface area contributed by atoms with Gasteiger partial charge in [-0.05, 0) is 38.0 Å². The molecule has 0 amide bonds. The molecule has 0 aliphatic heterocycles. The summed E-state index contributed by atoms with van der Waals surface area (Å²) >= 11 is 1.74. The molecule has 0 saturated heterocycles. The molecule has 0 saturated carbocycles. The summed E-state index contributed by atoms with van der Waals surface area (Å²) in [4.78, 5) is 1.28. The zero-order valence-corrected chi connectivity index (χ0v) is 12.9. The molecular weight excluding hydrogens is 284 g/mol. The Morgan fingerprint density at radius 2 is 2.33 bits per heavy atom. The average molecular weight is 302 g/mol. The fourth-order valence-electron chi connectivity index (χ4n) is 2.26. The molecule has 0 aliphatic rings. The number of fused-ring (bicyclic) bond motifs is 1. The third-order valence-corrected chi connectivity index (χ3v) is 4.68. The molecule has 6 heteroatoms. The molecule has 0 spiro atoms. The zero-order chi connectivity index (χ0) is 14.8. The van der Waals surface area contributed by atoms with Gasteiger partial charge in [-0.3, -0.25) is 0 Å². The number of rotatable bonds is 5. The van der Waals surface area contributed by atoms with Gasteiger partial charge in [0.25, 0.3) is 0 Å². The van der Waals surface area contributed by atoms with E-state index in [0.29, 0.717) is 6.54 Å². The van der Waals surface area contributed by atoms with E-state index in [4.69, 9.17) is 10.2 Å². The van der Waals surface area contributed by atoms with Gasteiger partial charge in [-0.2, -0.15) is 5.10 Å². The van der Waals surface area contributed by atoms with Crippen LogP contribution in [0.3, 0.4) is 0 Å². The van der Waals surface area contributed by atoms with Gasteiger partial charge in [-0.1, -0.05) is 0 Å². The minimum absolute atomic E-state index is 0.143. The Morgan fingerprint density at radius 1 is 1.48 bits per heavy atom. The van der Waals surface area contributed by atoms with Gasteiger partial charge >= 0.3 is 0 Å². The van der Waals surface area contributed by atoms with Crippen LogP contribution >= 0.6 is 11.3 Å². The number of nitrogens with zero attached hydrogens (tertiary/aromatic N) is 2. The van der Waals surface area contributed by atoms with Gasteiger partial charge < -0.3 is 15.5 Å². The van der Waals surface area contributed by atoms with Crippen LogP contribution in [0.5, 0.6) is 0 Å². The molecule has 0 aromatic carbocycles. The minimum atomic E-state index is 0.143. The molecule has 3 aromatic rings. The highest BCUT2D eigenvalue weighted by Gasteiger charge is 2.14. The zero-order valence-electron chi connectivity index (χ0n) is 12.1. The van der Waals surface area contributed by atoms with E-state index in [1.807, 2.05) is 19.1 Å². The Hall–Kier alpha value is -1.92. The lowest BCUT2D eigenvalue weighted by atomic mass is 10.1. The molecular formula is C15H18N4OS. The van der Waals surface area contributed by atoms with E-state index in [0.717, 1.165) is 28.1 Å². The van der Waals surface area contributed by atoms with E-state index in [9.17, 15) is 0 Å². The first kappa shape index (κ1) is 14.0. The second kappa shape index (κ2) is 5.83. The summed E-state index contributed by atoms with van der Waals surface area (Å²) in [6.45, 7) is 4.74. The molecule has 5 nitrogen and oxygen atoms in total. The molecule has 1 unspecified atom stereocenters. The van der Waals surface area contributed by atoms with Crippen LogP contribution in [0, 0.1) is 6.92 Å². The summed E-state index contributed by atoms with van der Waals surface area (Å²) in [6.07, 6.45) is 4.30. The summed E-state index contributed by atoms with van der Waals surface area (Å²) in [7, 11) is 0. The van der Waals surface area contributed by atoms with Gasteiger partial charge in [0.1, 0.15) is 11.3 Å². The molecule has 21 heavy (non-hydrogen) atoms. The lowest BCUT2D eigenvalue weighted by molar-refractivity contribution is 0.518. The normalized spacial score (nSPS) is 12.7. The Morgan fingerprint density at radius 3 is 3.05 bits per heavy atom. The van der Waals surface area contributed by atoms with Crippen LogP contribution in [-0.4, -0.2) is 16.2 Å². The second-order valence-electron chi connectivity index (χ2n) is 5.20. The maximum atomic E-state index is 5.92. The standard InChI is InChI=1S/C15H18N4OS/c1-9(16)6-13-10(2)14-15(21-13)12(8-18-19-14)17-7-11-4-3-5-20-11/h3-5,8-9H,6-7,16H2,1-2H3,(H,17,19). The fraction of sp³-hybridized carbons (Fsp3) is 0.333. The summed E-state index contributed by atoms with van der Waals surface area (Å²) in [5.41, 5.74) is 9.05. The average Bonchev–Trinajstić information content (AvgIpc) is 3.06. The van der Waals surface area contributed by atoms with Crippen LogP contribution in [0.2, 0.25) is 0 Å². The van der Waals surface area contributed by atoms with Crippen LogP contribution in [0.4, 0.5) is 5.69 Å². The van der Waals surface area contributed by atoms with Crippen molar-refractivity contribution in [1.29, 1.82) is 0 Å². The Kier molecular flexibility index (Phi) is 3.90. The van der Waals surface area contributed by atoms with Crippen LogP contribution in [-0.2, 0) is 13.0 Å². The van der Waals surface area contributed by atoms with Crippen molar-refractivity contribution in [3.05, 3.63) is 40.8 Å². The maximum Gasteiger partial charge on any atom is 0.122 e. The van der Waals surface area contributed by atoms with Crippen LogP contribution in [0.15, 0.2) is 29.0 Å². The van der Waals surface area contributed by atoms with Crippen molar-refractivity contribution in [3.8, 4) is 0 Å². The summed E-state index contributed by atoms with van der Waals surface area (Å²) in [6, 6.07) is 3.97. The number of nitrogens with two attached hydrogens (primary N) is 1. The quantitative estimate of drug-likeness (QED) is 0.757.